The zero-order valence-corrected chi connectivity index (χ0v) is 11.9. The Morgan fingerprint density at radius 1 is 1.15 bits per heavy atom. The summed E-state index contributed by atoms with van der Waals surface area (Å²) in [5.74, 6) is 0.363. The smallest absolute Gasteiger partial charge is 0.343 e. The molecule has 20 heavy (non-hydrogen) atoms. The Hall–Kier alpha value is -2.29. The summed E-state index contributed by atoms with van der Waals surface area (Å²) in [4.78, 5) is 12.1. The molecule has 0 atom stereocenters. The molecule has 3 nitrogen and oxygen atoms in total. The molecule has 0 radical (unpaired) electrons. The molecule has 2 aromatic carbocycles. The summed E-state index contributed by atoms with van der Waals surface area (Å²) < 4.78 is 5.29. The number of phenolic OH excluding ortho intramolecular Hbond substituents is 1. The van der Waals surface area contributed by atoms with Crippen LogP contribution in [0.2, 0.25) is 0 Å². The van der Waals surface area contributed by atoms with Crippen molar-refractivity contribution >= 4 is 5.97 Å². The molecule has 0 saturated carbocycles. The molecule has 0 aliphatic rings. The van der Waals surface area contributed by atoms with Gasteiger partial charge in [-0.25, -0.2) is 4.79 Å². The summed E-state index contributed by atoms with van der Waals surface area (Å²) in [7, 11) is 0. The average Bonchev–Trinajstić information content (AvgIpc) is 2.41. The predicted octanol–water partition coefficient (Wildman–Crippen LogP) is 4.04. The first kappa shape index (κ1) is 14.1. The molecule has 1 N–H and O–H groups in total. The van der Waals surface area contributed by atoms with Crippen LogP contribution in [0.25, 0.3) is 0 Å². The van der Waals surface area contributed by atoms with Crippen molar-refractivity contribution in [1.29, 1.82) is 0 Å². The maximum Gasteiger partial charge on any atom is 0.343 e. The van der Waals surface area contributed by atoms with Crippen LogP contribution in [0.15, 0.2) is 42.5 Å². The molecular formula is C17H18O3. The normalized spacial score (nSPS) is 10.6. The molecule has 3 heteroatoms. The van der Waals surface area contributed by atoms with Gasteiger partial charge in [0.25, 0.3) is 0 Å². The van der Waals surface area contributed by atoms with Gasteiger partial charge < -0.3 is 9.84 Å². The Morgan fingerprint density at radius 2 is 1.80 bits per heavy atom. The number of carbonyl (C=O) groups is 1. The lowest BCUT2D eigenvalue weighted by Gasteiger charge is -2.13. The fraction of sp³-hybridized carbons (Fsp3) is 0.235. The number of hydrogen-bond acceptors (Lipinski definition) is 3. The Kier molecular flexibility index (Phi) is 4.08. The number of ether oxygens (including phenoxy) is 1. The highest BCUT2D eigenvalue weighted by Crippen LogP contribution is 2.29. The van der Waals surface area contributed by atoms with Crippen molar-refractivity contribution in [3.63, 3.8) is 0 Å². The van der Waals surface area contributed by atoms with E-state index in [4.69, 9.17) is 4.74 Å². The Balaban J connectivity index is 2.29. The summed E-state index contributed by atoms with van der Waals surface area (Å²) in [5.41, 5.74) is 2.02. The van der Waals surface area contributed by atoms with E-state index in [1.807, 2.05) is 32.9 Å². The van der Waals surface area contributed by atoms with Crippen LogP contribution in [0.1, 0.15) is 41.3 Å². The second-order valence-corrected chi connectivity index (χ2v) is 5.08. The van der Waals surface area contributed by atoms with Crippen LogP contribution in [0.3, 0.4) is 0 Å². The number of phenols is 1. The van der Waals surface area contributed by atoms with Crippen LogP contribution >= 0.6 is 0 Å². The lowest BCUT2D eigenvalue weighted by atomic mass is 9.97. The number of benzene rings is 2. The molecule has 0 aromatic heterocycles. The van der Waals surface area contributed by atoms with Gasteiger partial charge in [-0.15, -0.1) is 0 Å². The number of aryl methyl sites for hydroxylation is 1. The van der Waals surface area contributed by atoms with Gasteiger partial charge in [-0.05, 0) is 42.2 Å². The second-order valence-electron chi connectivity index (χ2n) is 5.08. The SMILES string of the molecule is Cc1cc(C(C)C)c(O)cc1C(=O)Oc1ccccc1. The number of rotatable bonds is 3. The topological polar surface area (TPSA) is 46.5 Å². The molecule has 2 rings (SSSR count). The van der Waals surface area contributed by atoms with Gasteiger partial charge in [-0.2, -0.15) is 0 Å². The molecule has 0 saturated heterocycles. The first-order chi connectivity index (χ1) is 9.49. The van der Waals surface area contributed by atoms with Gasteiger partial charge in [-0.1, -0.05) is 38.1 Å². The molecule has 0 unspecified atom stereocenters. The van der Waals surface area contributed by atoms with Crippen LogP contribution < -0.4 is 4.74 Å². The van der Waals surface area contributed by atoms with E-state index < -0.39 is 5.97 Å². The van der Waals surface area contributed by atoms with Crippen LogP contribution in [0.4, 0.5) is 0 Å². The molecule has 104 valence electrons. The van der Waals surface area contributed by atoms with Gasteiger partial charge in [0, 0.05) is 0 Å². The Bertz CT molecular complexity index is 616. The predicted molar refractivity (Wildman–Crippen MR) is 78.3 cm³/mol. The van der Waals surface area contributed by atoms with Crippen molar-refractivity contribution in [2.75, 3.05) is 0 Å². The molecular weight excluding hydrogens is 252 g/mol. The van der Waals surface area contributed by atoms with Crippen LogP contribution in [0, 0.1) is 6.92 Å². The zero-order chi connectivity index (χ0) is 14.7. The molecule has 0 bridgehead atoms. The monoisotopic (exact) mass is 270 g/mol. The van der Waals surface area contributed by atoms with Crippen molar-refractivity contribution < 1.29 is 14.6 Å². The lowest BCUT2D eigenvalue weighted by Crippen LogP contribution is -2.10. The number of esters is 1. The largest absolute Gasteiger partial charge is 0.508 e. The zero-order valence-electron chi connectivity index (χ0n) is 11.9. The fourth-order valence-corrected chi connectivity index (χ4v) is 2.05. The maximum atomic E-state index is 12.1. The van der Waals surface area contributed by atoms with Crippen molar-refractivity contribution in [2.45, 2.75) is 26.7 Å². The summed E-state index contributed by atoms with van der Waals surface area (Å²) >= 11 is 0. The van der Waals surface area contributed by atoms with E-state index in [0.29, 0.717) is 11.3 Å². The van der Waals surface area contributed by atoms with Gasteiger partial charge in [0.15, 0.2) is 0 Å². The molecule has 0 heterocycles. The fourth-order valence-electron chi connectivity index (χ4n) is 2.05. The highest BCUT2D eigenvalue weighted by atomic mass is 16.5. The van der Waals surface area contributed by atoms with Crippen molar-refractivity contribution in [3.8, 4) is 11.5 Å². The minimum absolute atomic E-state index is 0.130. The van der Waals surface area contributed by atoms with Crippen LogP contribution in [-0.4, -0.2) is 11.1 Å². The van der Waals surface area contributed by atoms with Gasteiger partial charge in [0.2, 0.25) is 0 Å². The van der Waals surface area contributed by atoms with Crippen LogP contribution in [0.5, 0.6) is 11.5 Å². The number of para-hydroxylation sites is 1. The third kappa shape index (κ3) is 2.99. The summed E-state index contributed by atoms with van der Waals surface area (Å²) in [6, 6.07) is 12.2. The van der Waals surface area contributed by atoms with Crippen molar-refractivity contribution in [1.82, 2.24) is 0 Å². The third-order valence-electron chi connectivity index (χ3n) is 3.17. The highest BCUT2D eigenvalue weighted by molar-refractivity contribution is 5.93. The molecule has 0 spiro atoms. The molecule has 0 amide bonds. The van der Waals surface area contributed by atoms with E-state index >= 15 is 0 Å². The Labute approximate surface area is 118 Å². The molecule has 0 fully saturated rings. The Morgan fingerprint density at radius 3 is 2.40 bits per heavy atom. The summed E-state index contributed by atoms with van der Waals surface area (Å²) in [6.07, 6.45) is 0. The average molecular weight is 270 g/mol. The van der Waals surface area contributed by atoms with E-state index in [0.717, 1.165) is 11.1 Å². The van der Waals surface area contributed by atoms with E-state index in [9.17, 15) is 9.90 Å². The lowest BCUT2D eigenvalue weighted by molar-refractivity contribution is 0.0733. The molecule has 2 aromatic rings. The summed E-state index contributed by atoms with van der Waals surface area (Å²) in [5, 5.41) is 9.99. The van der Waals surface area contributed by atoms with Gasteiger partial charge in [0.1, 0.15) is 11.5 Å². The minimum atomic E-state index is -0.459. The molecule has 0 aliphatic heterocycles. The van der Waals surface area contributed by atoms with E-state index in [-0.39, 0.29) is 11.7 Å². The number of carbonyl (C=O) groups excluding carboxylic acids is 1. The van der Waals surface area contributed by atoms with Gasteiger partial charge >= 0.3 is 5.97 Å². The first-order valence-electron chi connectivity index (χ1n) is 6.59. The second kappa shape index (κ2) is 5.78. The third-order valence-corrected chi connectivity index (χ3v) is 3.17. The van der Waals surface area contributed by atoms with Gasteiger partial charge in [0.05, 0.1) is 5.56 Å². The van der Waals surface area contributed by atoms with E-state index in [1.165, 1.54) is 6.07 Å². The summed E-state index contributed by atoms with van der Waals surface area (Å²) in [6.45, 7) is 5.83. The highest BCUT2D eigenvalue weighted by Gasteiger charge is 2.16. The van der Waals surface area contributed by atoms with Crippen LogP contribution in [-0.2, 0) is 0 Å². The quantitative estimate of drug-likeness (QED) is 0.676. The van der Waals surface area contributed by atoms with Crippen molar-refractivity contribution in [2.24, 2.45) is 0 Å². The van der Waals surface area contributed by atoms with E-state index in [1.54, 1.807) is 24.3 Å². The number of hydrogen-bond donors (Lipinski definition) is 1. The standard InChI is InChI=1S/C17H18O3/c1-11(2)14-9-12(3)15(10-16(14)18)17(19)20-13-7-5-4-6-8-13/h4-11,18H,1-3H3. The maximum absolute atomic E-state index is 12.1. The minimum Gasteiger partial charge on any atom is -0.508 e. The first-order valence-corrected chi connectivity index (χ1v) is 6.59. The van der Waals surface area contributed by atoms with E-state index in [2.05, 4.69) is 0 Å². The number of aromatic hydroxyl groups is 1. The van der Waals surface area contributed by atoms with Crippen molar-refractivity contribution in [3.05, 3.63) is 59.2 Å². The van der Waals surface area contributed by atoms with Gasteiger partial charge in [-0.3, -0.25) is 0 Å². The molecule has 0 aliphatic carbocycles.